The third kappa shape index (κ3) is 5.87. The number of allylic oxidation sites excluding steroid dienone is 1. The van der Waals surface area contributed by atoms with Crippen LogP contribution in [0.5, 0.6) is 5.75 Å². The fourth-order valence-electron chi connectivity index (χ4n) is 4.34. The SMILES string of the molecule is CNC(=O)c1c(C)oc2cc(O/C(=C/C=N)c3[nH]cc(COCN4CCCCCOC4)c3C)ccc12. The van der Waals surface area contributed by atoms with E-state index in [9.17, 15) is 4.79 Å². The van der Waals surface area contributed by atoms with Gasteiger partial charge in [-0.2, -0.15) is 0 Å². The molecule has 3 aromatic rings. The zero-order valence-corrected chi connectivity index (χ0v) is 21.1. The molecule has 1 fully saturated rings. The number of nitrogens with one attached hydrogen (secondary N) is 3. The van der Waals surface area contributed by atoms with Gasteiger partial charge in [0.25, 0.3) is 5.91 Å². The van der Waals surface area contributed by atoms with Crippen LogP contribution in [0.25, 0.3) is 16.7 Å². The van der Waals surface area contributed by atoms with Gasteiger partial charge in [0, 0.05) is 50.1 Å². The van der Waals surface area contributed by atoms with Crippen LogP contribution in [-0.2, 0) is 16.1 Å². The number of carbonyl (C=O) groups is 1. The van der Waals surface area contributed by atoms with Crippen LogP contribution >= 0.6 is 0 Å². The van der Waals surface area contributed by atoms with Crippen molar-refractivity contribution < 1.29 is 23.4 Å². The normalized spacial score (nSPS) is 15.5. The number of aryl methyl sites for hydroxylation is 1. The van der Waals surface area contributed by atoms with Crippen LogP contribution in [0.15, 0.2) is 34.9 Å². The van der Waals surface area contributed by atoms with E-state index in [-0.39, 0.29) is 5.91 Å². The second-order valence-corrected chi connectivity index (χ2v) is 8.85. The summed E-state index contributed by atoms with van der Waals surface area (Å²) in [6.07, 6.45) is 8.15. The topological polar surface area (TPSA) is 113 Å². The summed E-state index contributed by atoms with van der Waals surface area (Å²) in [5.41, 5.74) is 3.85. The first kappa shape index (κ1) is 25.7. The van der Waals surface area contributed by atoms with Crippen molar-refractivity contribution in [1.82, 2.24) is 15.2 Å². The lowest BCUT2D eigenvalue weighted by atomic mass is 10.1. The van der Waals surface area contributed by atoms with Crippen molar-refractivity contribution in [3.05, 3.63) is 58.6 Å². The predicted octanol–water partition coefficient (Wildman–Crippen LogP) is 4.74. The monoisotopic (exact) mass is 494 g/mol. The van der Waals surface area contributed by atoms with E-state index < -0.39 is 0 Å². The molecule has 0 spiro atoms. The summed E-state index contributed by atoms with van der Waals surface area (Å²) in [6, 6.07) is 5.35. The second kappa shape index (κ2) is 12.0. The highest BCUT2D eigenvalue weighted by Crippen LogP contribution is 2.31. The molecule has 0 aliphatic carbocycles. The van der Waals surface area contributed by atoms with E-state index in [1.807, 2.05) is 19.2 Å². The van der Waals surface area contributed by atoms with Crippen LogP contribution in [0.2, 0.25) is 0 Å². The zero-order valence-electron chi connectivity index (χ0n) is 21.1. The van der Waals surface area contributed by atoms with Gasteiger partial charge < -0.3 is 34.3 Å². The van der Waals surface area contributed by atoms with Crippen LogP contribution in [0.3, 0.4) is 0 Å². The molecule has 9 heteroatoms. The molecule has 4 rings (SSSR count). The van der Waals surface area contributed by atoms with E-state index in [0.717, 1.165) is 48.2 Å². The Morgan fingerprint density at radius 2 is 2.14 bits per heavy atom. The van der Waals surface area contributed by atoms with Crippen LogP contribution in [0.1, 0.15) is 52.2 Å². The predicted molar refractivity (Wildman–Crippen MR) is 138 cm³/mol. The van der Waals surface area contributed by atoms with E-state index in [4.69, 9.17) is 24.0 Å². The van der Waals surface area contributed by atoms with E-state index in [1.165, 1.54) is 12.6 Å². The first-order chi connectivity index (χ1) is 17.5. The average molecular weight is 495 g/mol. The van der Waals surface area contributed by atoms with Crippen molar-refractivity contribution >= 4 is 28.9 Å². The maximum atomic E-state index is 12.2. The molecule has 3 heterocycles. The maximum Gasteiger partial charge on any atom is 0.255 e. The summed E-state index contributed by atoms with van der Waals surface area (Å²) >= 11 is 0. The van der Waals surface area contributed by atoms with Gasteiger partial charge in [-0.25, -0.2) is 0 Å². The van der Waals surface area contributed by atoms with E-state index in [2.05, 4.69) is 15.2 Å². The van der Waals surface area contributed by atoms with Gasteiger partial charge in [-0.3, -0.25) is 9.69 Å². The lowest BCUT2D eigenvalue weighted by molar-refractivity contribution is -0.0575. The molecule has 192 valence electrons. The van der Waals surface area contributed by atoms with Crippen LogP contribution in [0, 0.1) is 19.3 Å². The number of carbonyl (C=O) groups excluding carboxylic acids is 1. The van der Waals surface area contributed by atoms with Crippen molar-refractivity contribution in [3.63, 3.8) is 0 Å². The van der Waals surface area contributed by atoms with Crippen molar-refractivity contribution in [1.29, 1.82) is 5.41 Å². The molecule has 0 saturated carbocycles. The second-order valence-electron chi connectivity index (χ2n) is 8.85. The number of fused-ring (bicyclic) bond motifs is 1. The highest BCUT2D eigenvalue weighted by molar-refractivity contribution is 6.07. The van der Waals surface area contributed by atoms with Gasteiger partial charge in [-0.15, -0.1) is 0 Å². The van der Waals surface area contributed by atoms with Crippen LogP contribution in [-0.4, -0.2) is 55.7 Å². The number of amides is 1. The quantitative estimate of drug-likeness (QED) is 0.293. The van der Waals surface area contributed by atoms with Crippen LogP contribution < -0.4 is 10.1 Å². The average Bonchev–Trinajstić information content (AvgIpc) is 3.37. The minimum absolute atomic E-state index is 0.195. The van der Waals surface area contributed by atoms with Gasteiger partial charge in [-0.1, -0.05) is 0 Å². The van der Waals surface area contributed by atoms with Crippen molar-refractivity contribution in [2.24, 2.45) is 0 Å². The number of furan rings is 1. The summed E-state index contributed by atoms with van der Waals surface area (Å²) in [5.74, 6) is 1.39. The van der Waals surface area contributed by atoms with Crippen molar-refractivity contribution in [2.45, 2.75) is 39.7 Å². The van der Waals surface area contributed by atoms with Crippen LogP contribution in [0.4, 0.5) is 0 Å². The molecule has 0 atom stereocenters. The molecule has 3 N–H and O–H groups in total. The standard InChI is InChI=1S/C27H34N4O5/c1-18-20(15-34-17-31-11-5-4-6-12-33-16-31)14-30-26(18)23(9-10-28)36-21-7-8-22-24(13-21)35-19(2)25(22)27(32)29-3/h7-10,13-14,28,30H,4-6,11-12,15-17H2,1-3H3,(H,29,32)/b23-9+,28-10?. The number of hydrogen-bond acceptors (Lipinski definition) is 7. The maximum absolute atomic E-state index is 12.2. The number of aromatic nitrogens is 1. The first-order valence-electron chi connectivity index (χ1n) is 12.2. The Balaban J connectivity index is 1.46. The van der Waals surface area contributed by atoms with E-state index in [0.29, 0.717) is 48.5 Å². The summed E-state index contributed by atoms with van der Waals surface area (Å²) in [4.78, 5) is 17.7. The lowest BCUT2D eigenvalue weighted by Gasteiger charge is -2.24. The molecule has 36 heavy (non-hydrogen) atoms. The van der Waals surface area contributed by atoms with E-state index in [1.54, 1.807) is 32.2 Å². The highest BCUT2D eigenvalue weighted by Gasteiger charge is 2.19. The molecular weight excluding hydrogens is 460 g/mol. The number of H-pyrrole nitrogens is 1. The molecular formula is C27H34N4O5. The Labute approximate surface area is 210 Å². The number of ether oxygens (including phenoxy) is 3. The summed E-state index contributed by atoms with van der Waals surface area (Å²) in [5, 5.41) is 11.0. The van der Waals surface area contributed by atoms with Gasteiger partial charge in [-0.05, 0) is 56.4 Å². The highest BCUT2D eigenvalue weighted by atomic mass is 16.5. The lowest BCUT2D eigenvalue weighted by Crippen LogP contribution is -2.31. The Kier molecular flexibility index (Phi) is 8.58. The first-order valence-corrected chi connectivity index (χ1v) is 12.2. The Hall–Kier alpha value is -3.40. The van der Waals surface area contributed by atoms with Gasteiger partial charge in [0.15, 0.2) is 5.76 Å². The number of aromatic amines is 1. The third-order valence-corrected chi connectivity index (χ3v) is 6.32. The van der Waals surface area contributed by atoms with Gasteiger partial charge in [0.2, 0.25) is 0 Å². The number of rotatable bonds is 9. The molecule has 1 aliphatic rings. The summed E-state index contributed by atoms with van der Waals surface area (Å²) in [7, 11) is 1.59. The molecule has 0 bridgehead atoms. The Bertz CT molecular complexity index is 1230. The third-order valence-electron chi connectivity index (χ3n) is 6.32. The molecule has 1 amide bonds. The number of hydrogen-bond donors (Lipinski definition) is 3. The van der Waals surface area contributed by atoms with E-state index >= 15 is 0 Å². The molecule has 1 aromatic carbocycles. The Morgan fingerprint density at radius 3 is 2.94 bits per heavy atom. The van der Waals surface area contributed by atoms with Gasteiger partial charge in [0.05, 0.1) is 17.9 Å². The number of benzene rings is 1. The molecule has 1 saturated heterocycles. The van der Waals surface area contributed by atoms with Crippen molar-refractivity contribution in [2.75, 3.05) is 33.7 Å². The molecule has 0 radical (unpaired) electrons. The molecule has 1 aliphatic heterocycles. The minimum atomic E-state index is -0.195. The zero-order chi connectivity index (χ0) is 25.5. The summed E-state index contributed by atoms with van der Waals surface area (Å²) in [6.45, 7) is 7.11. The minimum Gasteiger partial charge on any atom is -0.460 e. The number of nitrogens with zero attached hydrogens (tertiary/aromatic N) is 1. The Morgan fingerprint density at radius 1 is 1.28 bits per heavy atom. The molecule has 0 unspecified atom stereocenters. The summed E-state index contributed by atoms with van der Waals surface area (Å²) < 4.78 is 23.6. The largest absolute Gasteiger partial charge is 0.460 e. The molecule has 2 aromatic heterocycles. The van der Waals surface area contributed by atoms with Crippen molar-refractivity contribution in [3.8, 4) is 5.75 Å². The molecule has 9 nitrogen and oxygen atoms in total. The van der Waals surface area contributed by atoms with Gasteiger partial charge >= 0.3 is 0 Å². The smallest absolute Gasteiger partial charge is 0.255 e. The fourth-order valence-corrected chi connectivity index (χ4v) is 4.34. The fraction of sp³-hybridized carbons (Fsp3) is 0.407. The van der Waals surface area contributed by atoms with Gasteiger partial charge in [0.1, 0.15) is 30.6 Å².